The summed E-state index contributed by atoms with van der Waals surface area (Å²) in [4.78, 5) is 24.6. The maximum Gasteiger partial charge on any atom is 0.329 e. The number of hydrogen-bond donors (Lipinski definition) is 1. The number of thiophene rings is 1. The number of amides is 1. The van der Waals surface area contributed by atoms with Crippen LogP contribution >= 0.6 is 11.3 Å². The standard InChI is InChI=1S/C14H21NO3S/c1-9(2)11(13(17)18-14(3,4)5)15-12(16)10-7-6-8-19-10/h6-9,11H,1-5H3,(H,15,16)/t11-/m1/s1. The molecule has 0 aromatic carbocycles. The van der Waals surface area contributed by atoms with Gasteiger partial charge in [0, 0.05) is 0 Å². The van der Waals surface area contributed by atoms with Crippen LogP contribution in [0.4, 0.5) is 0 Å². The highest BCUT2D eigenvalue weighted by atomic mass is 32.1. The lowest BCUT2D eigenvalue weighted by atomic mass is 10.0. The predicted octanol–water partition coefficient (Wildman–Crippen LogP) is 2.84. The van der Waals surface area contributed by atoms with Crippen molar-refractivity contribution in [2.24, 2.45) is 5.92 Å². The van der Waals surface area contributed by atoms with Gasteiger partial charge in [0.15, 0.2) is 0 Å². The SMILES string of the molecule is CC(C)[C@@H](NC(=O)c1cccs1)C(=O)OC(C)(C)C. The fourth-order valence-electron chi connectivity index (χ4n) is 1.48. The van der Waals surface area contributed by atoms with E-state index in [1.54, 1.807) is 12.1 Å². The Balaban J connectivity index is 2.73. The molecule has 0 spiro atoms. The maximum absolute atomic E-state index is 12.1. The fourth-order valence-corrected chi connectivity index (χ4v) is 2.11. The van der Waals surface area contributed by atoms with Crippen LogP contribution in [0.3, 0.4) is 0 Å². The Labute approximate surface area is 118 Å². The molecule has 0 bridgehead atoms. The molecule has 0 aliphatic rings. The molecule has 0 fully saturated rings. The molecule has 0 aliphatic carbocycles. The van der Waals surface area contributed by atoms with E-state index in [-0.39, 0.29) is 11.8 Å². The number of carbonyl (C=O) groups is 2. The Morgan fingerprint density at radius 3 is 2.37 bits per heavy atom. The lowest BCUT2D eigenvalue weighted by molar-refractivity contribution is -0.158. The van der Waals surface area contributed by atoms with Crippen molar-refractivity contribution in [3.8, 4) is 0 Å². The average Bonchev–Trinajstić information content (AvgIpc) is 2.75. The van der Waals surface area contributed by atoms with E-state index in [2.05, 4.69) is 5.32 Å². The first-order chi connectivity index (χ1) is 8.70. The maximum atomic E-state index is 12.1. The van der Waals surface area contributed by atoms with E-state index in [4.69, 9.17) is 4.74 Å². The minimum Gasteiger partial charge on any atom is -0.458 e. The first kappa shape index (κ1) is 15.7. The van der Waals surface area contributed by atoms with Gasteiger partial charge < -0.3 is 10.1 Å². The van der Waals surface area contributed by atoms with Crippen molar-refractivity contribution in [2.75, 3.05) is 0 Å². The van der Waals surface area contributed by atoms with E-state index in [1.165, 1.54) is 11.3 Å². The lowest BCUT2D eigenvalue weighted by Crippen LogP contribution is -2.47. The van der Waals surface area contributed by atoms with Crippen molar-refractivity contribution < 1.29 is 14.3 Å². The van der Waals surface area contributed by atoms with Crippen LogP contribution in [0, 0.1) is 5.92 Å². The highest BCUT2D eigenvalue weighted by Crippen LogP contribution is 2.14. The van der Waals surface area contributed by atoms with Crippen LogP contribution < -0.4 is 5.32 Å². The lowest BCUT2D eigenvalue weighted by Gasteiger charge is -2.26. The number of esters is 1. The van der Waals surface area contributed by atoms with Gasteiger partial charge in [0.1, 0.15) is 11.6 Å². The summed E-state index contributed by atoms with van der Waals surface area (Å²) in [5.41, 5.74) is -0.558. The summed E-state index contributed by atoms with van der Waals surface area (Å²) in [6, 6.07) is 2.90. The van der Waals surface area contributed by atoms with Gasteiger partial charge in [-0.15, -0.1) is 11.3 Å². The Morgan fingerprint density at radius 2 is 1.95 bits per heavy atom. The molecule has 1 N–H and O–H groups in total. The second-order valence-electron chi connectivity index (χ2n) is 5.71. The van der Waals surface area contributed by atoms with Crippen LogP contribution in [0.15, 0.2) is 17.5 Å². The molecule has 5 heteroatoms. The minimum absolute atomic E-state index is 0.0289. The molecule has 19 heavy (non-hydrogen) atoms. The van der Waals surface area contributed by atoms with Gasteiger partial charge in [-0.1, -0.05) is 19.9 Å². The number of hydrogen-bond acceptors (Lipinski definition) is 4. The summed E-state index contributed by atoms with van der Waals surface area (Å²) < 4.78 is 5.33. The van der Waals surface area contributed by atoms with Crippen LogP contribution in [-0.4, -0.2) is 23.5 Å². The smallest absolute Gasteiger partial charge is 0.329 e. The molecule has 1 aromatic heterocycles. The van der Waals surface area contributed by atoms with Crippen LogP contribution in [0.1, 0.15) is 44.3 Å². The van der Waals surface area contributed by atoms with Crippen molar-refractivity contribution >= 4 is 23.2 Å². The van der Waals surface area contributed by atoms with Gasteiger partial charge >= 0.3 is 5.97 Å². The summed E-state index contributed by atoms with van der Waals surface area (Å²) in [5.74, 6) is -0.661. The third kappa shape index (κ3) is 5.03. The number of carbonyl (C=O) groups excluding carboxylic acids is 2. The van der Waals surface area contributed by atoms with Crippen molar-refractivity contribution in [2.45, 2.75) is 46.3 Å². The summed E-state index contributed by atoms with van der Waals surface area (Å²) >= 11 is 1.35. The second kappa shape index (κ2) is 6.19. The number of rotatable bonds is 4. The van der Waals surface area contributed by atoms with Gasteiger partial charge in [-0.3, -0.25) is 4.79 Å². The van der Waals surface area contributed by atoms with E-state index >= 15 is 0 Å². The molecule has 0 radical (unpaired) electrons. The Hall–Kier alpha value is -1.36. The van der Waals surface area contributed by atoms with Crippen LogP contribution in [0.2, 0.25) is 0 Å². The molecule has 1 atom stereocenters. The van der Waals surface area contributed by atoms with Gasteiger partial charge in [0.2, 0.25) is 0 Å². The van der Waals surface area contributed by atoms with Gasteiger partial charge in [-0.2, -0.15) is 0 Å². The van der Waals surface area contributed by atoms with Gasteiger partial charge in [0.25, 0.3) is 5.91 Å². The monoisotopic (exact) mass is 283 g/mol. The summed E-state index contributed by atoms with van der Waals surface area (Å²) in [7, 11) is 0. The highest BCUT2D eigenvalue weighted by Gasteiger charge is 2.29. The summed E-state index contributed by atoms with van der Waals surface area (Å²) in [6.45, 7) is 9.18. The highest BCUT2D eigenvalue weighted by molar-refractivity contribution is 7.12. The minimum atomic E-state index is -0.631. The zero-order valence-electron chi connectivity index (χ0n) is 12.0. The molecule has 1 rings (SSSR count). The molecule has 1 aromatic rings. The van der Waals surface area contributed by atoms with Crippen LogP contribution in [-0.2, 0) is 9.53 Å². The van der Waals surface area contributed by atoms with Gasteiger partial charge in [-0.25, -0.2) is 4.79 Å². The second-order valence-corrected chi connectivity index (χ2v) is 6.65. The summed E-state index contributed by atoms with van der Waals surface area (Å²) in [6.07, 6.45) is 0. The van der Waals surface area contributed by atoms with E-state index in [0.29, 0.717) is 4.88 Å². The van der Waals surface area contributed by atoms with Gasteiger partial charge in [-0.05, 0) is 38.1 Å². The van der Waals surface area contributed by atoms with Gasteiger partial charge in [0.05, 0.1) is 4.88 Å². The van der Waals surface area contributed by atoms with Crippen LogP contribution in [0.25, 0.3) is 0 Å². The van der Waals surface area contributed by atoms with Crippen molar-refractivity contribution in [1.29, 1.82) is 0 Å². The average molecular weight is 283 g/mol. The van der Waals surface area contributed by atoms with Crippen LogP contribution in [0.5, 0.6) is 0 Å². The Bertz CT molecular complexity index is 432. The van der Waals surface area contributed by atoms with Crippen molar-refractivity contribution in [3.05, 3.63) is 22.4 Å². The summed E-state index contributed by atoms with van der Waals surface area (Å²) in [5, 5.41) is 4.56. The molecule has 0 saturated heterocycles. The Morgan fingerprint density at radius 1 is 1.32 bits per heavy atom. The molecule has 0 saturated carbocycles. The molecule has 1 amide bonds. The van der Waals surface area contributed by atoms with E-state index in [1.807, 2.05) is 40.0 Å². The number of ether oxygens (including phenoxy) is 1. The topological polar surface area (TPSA) is 55.4 Å². The molecule has 4 nitrogen and oxygen atoms in total. The zero-order chi connectivity index (χ0) is 14.6. The van der Waals surface area contributed by atoms with Crippen molar-refractivity contribution in [3.63, 3.8) is 0 Å². The van der Waals surface area contributed by atoms with E-state index in [0.717, 1.165) is 0 Å². The quantitative estimate of drug-likeness (QED) is 0.864. The Kier molecular flexibility index (Phi) is 5.11. The third-order valence-corrected chi connectivity index (χ3v) is 3.23. The fraction of sp³-hybridized carbons (Fsp3) is 0.571. The molecule has 0 unspecified atom stereocenters. The van der Waals surface area contributed by atoms with E-state index < -0.39 is 17.6 Å². The molecule has 106 valence electrons. The molecular weight excluding hydrogens is 262 g/mol. The van der Waals surface area contributed by atoms with E-state index in [9.17, 15) is 9.59 Å². The third-order valence-electron chi connectivity index (χ3n) is 2.36. The largest absolute Gasteiger partial charge is 0.458 e. The predicted molar refractivity (Wildman–Crippen MR) is 76.3 cm³/mol. The first-order valence-corrected chi connectivity index (χ1v) is 7.16. The molecule has 1 heterocycles. The first-order valence-electron chi connectivity index (χ1n) is 6.28. The zero-order valence-corrected chi connectivity index (χ0v) is 12.8. The molecular formula is C14H21NO3S. The number of nitrogens with one attached hydrogen (secondary N) is 1. The van der Waals surface area contributed by atoms with Crippen molar-refractivity contribution in [1.82, 2.24) is 5.32 Å². The molecule has 0 aliphatic heterocycles. The normalized spacial score (nSPS) is 13.2.